The zero-order valence-electron chi connectivity index (χ0n) is 16.3. The maximum Gasteiger partial charge on any atom is 0.488 e. The van der Waals surface area contributed by atoms with Crippen molar-refractivity contribution in [3.05, 3.63) is 119 Å². The van der Waals surface area contributed by atoms with Crippen LogP contribution < -0.4 is 5.46 Å². The van der Waals surface area contributed by atoms with E-state index in [9.17, 15) is 10.0 Å². The summed E-state index contributed by atoms with van der Waals surface area (Å²) < 4.78 is 0. The number of benzene rings is 3. The van der Waals surface area contributed by atoms with Crippen molar-refractivity contribution in [3.63, 3.8) is 0 Å². The van der Waals surface area contributed by atoms with Crippen molar-refractivity contribution in [2.45, 2.75) is 12.3 Å². The third kappa shape index (κ3) is 2.26. The summed E-state index contributed by atoms with van der Waals surface area (Å²) >= 11 is 0. The van der Waals surface area contributed by atoms with Crippen molar-refractivity contribution < 1.29 is 10.0 Å². The molecule has 3 aromatic rings. The van der Waals surface area contributed by atoms with Crippen LogP contribution in [0.15, 0.2) is 97.1 Å². The molecule has 2 aliphatic rings. The largest absolute Gasteiger partial charge is 0.488 e. The van der Waals surface area contributed by atoms with E-state index in [0.717, 1.165) is 11.1 Å². The van der Waals surface area contributed by atoms with Crippen LogP contribution in [0, 0.1) is 0 Å². The molecule has 0 saturated heterocycles. The first-order chi connectivity index (χ1) is 14.1. The number of hydrogen-bond donors (Lipinski definition) is 2. The summed E-state index contributed by atoms with van der Waals surface area (Å²) in [5, 5.41) is 19.7. The maximum absolute atomic E-state index is 9.87. The second kappa shape index (κ2) is 6.45. The molecule has 0 aliphatic heterocycles. The quantitative estimate of drug-likeness (QED) is 0.531. The number of fused-ring (bicyclic) bond motifs is 7. The summed E-state index contributed by atoms with van der Waals surface area (Å²) in [6.07, 6.45) is 5.93. The fraction of sp³-hybridized carbons (Fsp3) is 0.0769. The second-order valence-electron chi connectivity index (χ2n) is 7.65. The van der Waals surface area contributed by atoms with Crippen molar-refractivity contribution in [1.29, 1.82) is 0 Å². The van der Waals surface area contributed by atoms with E-state index < -0.39 is 12.5 Å². The van der Waals surface area contributed by atoms with Crippen LogP contribution in [0.4, 0.5) is 0 Å². The molecule has 3 aromatic carbocycles. The predicted molar refractivity (Wildman–Crippen MR) is 120 cm³/mol. The van der Waals surface area contributed by atoms with Crippen LogP contribution in [-0.2, 0) is 5.41 Å². The first-order valence-electron chi connectivity index (χ1n) is 9.81. The fourth-order valence-corrected chi connectivity index (χ4v) is 5.16. The first-order valence-corrected chi connectivity index (χ1v) is 9.81. The molecular weight excluding hydrogens is 355 g/mol. The summed E-state index contributed by atoms with van der Waals surface area (Å²) in [5.41, 5.74) is 9.58. The summed E-state index contributed by atoms with van der Waals surface area (Å²) in [7, 11) is -1.50. The highest BCUT2D eigenvalue weighted by Gasteiger charge is 2.51. The van der Waals surface area contributed by atoms with Gasteiger partial charge in [0.05, 0.1) is 5.41 Å². The normalized spacial score (nSPS) is 18.9. The molecule has 0 amide bonds. The zero-order chi connectivity index (χ0) is 20.2. The van der Waals surface area contributed by atoms with Crippen LogP contribution in [0.3, 0.4) is 0 Å². The SMILES string of the molecule is C=C/C=C\C1=C(C)c2ccccc2C12c1ccccc1-c1ccc(B(O)O)cc12. The minimum Gasteiger partial charge on any atom is -0.423 e. The molecule has 2 N–H and O–H groups in total. The molecule has 1 atom stereocenters. The summed E-state index contributed by atoms with van der Waals surface area (Å²) in [6, 6.07) is 22.8. The smallest absolute Gasteiger partial charge is 0.423 e. The lowest BCUT2D eigenvalue weighted by atomic mass is 9.67. The Morgan fingerprint density at radius 1 is 0.828 bits per heavy atom. The van der Waals surface area contributed by atoms with Crippen molar-refractivity contribution >= 4 is 18.2 Å². The Labute approximate surface area is 171 Å². The van der Waals surface area contributed by atoms with Gasteiger partial charge in [0.2, 0.25) is 0 Å². The van der Waals surface area contributed by atoms with E-state index in [0.29, 0.717) is 5.46 Å². The molecule has 0 radical (unpaired) electrons. The molecule has 5 rings (SSSR count). The highest BCUT2D eigenvalue weighted by Crippen LogP contribution is 2.61. The average molecular weight is 376 g/mol. The van der Waals surface area contributed by atoms with Gasteiger partial charge in [-0.3, -0.25) is 0 Å². The van der Waals surface area contributed by atoms with Gasteiger partial charge in [0.15, 0.2) is 0 Å². The third-order valence-electron chi connectivity index (χ3n) is 6.31. The van der Waals surface area contributed by atoms with Crippen LogP contribution in [0.5, 0.6) is 0 Å². The lowest BCUT2D eigenvalue weighted by molar-refractivity contribution is 0.425. The van der Waals surface area contributed by atoms with E-state index in [1.54, 1.807) is 12.1 Å². The van der Waals surface area contributed by atoms with Gasteiger partial charge in [-0.2, -0.15) is 0 Å². The van der Waals surface area contributed by atoms with Crippen LogP contribution in [0.25, 0.3) is 16.7 Å². The van der Waals surface area contributed by atoms with Crippen molar-refractivity contribution in [2.75, 3.05) is 0 Å². The molecule has 0 fully saturated rings. The van der Waals surface area contributed by atoms with Crippen molar-refractivity contribution in [2.24, 2.45) is 0 Å². The van der Waals surface area contributed by atoms with Gasteiger partial charge >= 0.3 is 7.12 Å². The van der Waals surface area contributed by atoms with Gasteiger partial charge in [-0.05, 0) is 56.9 Å². The standard InChI is InChI=1S/C26H21BO2/c1-3-4-11-22-17(2)19-9-5-7-12-23(19)26(22)24-13-8-6-10-20(24)21-15-14-18(27(28)29)16-25(21)26/h3-16,28-29H,1H2,2H3/b11-4-. The Morgan fingerprint density at radius 3 is 2.14 bits per heavy atom. The summed E-state index contributed by atoms with van der Waals surface area (Å²) in [4.78, 5) is 0. The third-order valence-corrected chi connectivity index (χ3v) is 6.31. The van der Waals surface area contributed by atoms with Gasteiger partial charge in [-0.25, -0.2) is 0 Å². The number of allylic oxidation sites excluding steroid dienone is 5. The van der Waals surface area contributed by atoms with Crippen LogP contribution in [-0.4, -0.2) is 17.2 Å². The lowest BCUT2D eigenvalue weighted by Gasteiger charge is -2.32. The van der Waals surface area contributed by atoms with Gasteiger partial charge in [0, 0.05) is 0 Å². The monoisotopic (exact) mass is 376 g/mol. The minimum atomic E-state index is -1.50. The molecule has 0 bridgehead atoms. The second-order valence-corrected chi connectivity index (χ2v) is 7.65. The summed E-state index contributed by atoms with van der Waals surface area (Å²) in [6.45, 7) is 6.03. The molecule has 1 unspecified atom stereocenters. The molecular formula is C26H21BO2. The van der Waals surface area contributed by atoms with E-state index in [1.165, 1.54) is 33.4 Å². The van der Waals surface area contributed by atoms with Crippen LogP contribution >= 0.6 is 0 Å². The van der Waals surface area contributed by atoms with E-state index >= 15 is 0 Å². The number of rotatable bonds is 3. The zero-order valence-corrected chi connectivity index (χ0v) is 16.3. The fourth-order valence-electron chi connectivity index (χ4n) is 5.16. The van der Waals surface area contributed by atoms with Gasteiger partial charge < -0.3 is 10.0 Å². The van der Waals surface area contributed by atoms with Gasteiger partial charge in [0.1, 0.15) is 0 Å². The summed E-state index contributed by atoms with van der Waals surface area (Å²) in [5.74, 6) is 0. The molecule has 2 nitrogen and oxygen atoms in total. The average Bonchev–Trinajstić information content (AvgIpc) is 3.18. The maximum atomic E-state index is 9.87. The molecule has 0 heterocycles. The van der Waals surface area contributed by atoms with Gasteiger partial charge in [-0.1, -0.05) is 91.5 Å². The predicted octanol–water partition coefficient (Wildman–Crippen LogP) is 4.21. The lowest BCUT2D eigenvalue weighted by Crippen LogP contribution is -2.33. The van der Waals surface area contributed by atoms with Crippen molar-refractivity contribution in [3.8, 4) is 11.1 Å². The molecule has 0 aromatic heterocycles. The first kappa shape index (κ1) is 17.9. The highest BCUT2D eigenvalue weighted by molar-refractivity contribution is 6.58. The number of hydrogen-bond acceptors (Lipinski definition) is 2. The van der Waals surface area contributed by atoms with E-state index in [1.807, 2.05) is 18.2 Å². The Morgan fingerprint density at radius 2 is 1.45 bits per heavy atom. The molecule has 140 valence electrons. The minimum absolute atomic E-state index is 0.475. The Kier molecular flexibility index (Phi) is 3.99. The Bertz CT molecular complexity index is 1220. The Hall–Kier alpha value is -3.14. The van der Waals surface area contributed by atoms with Gasteiger partial charge in [-0.15, -0.1) is 0 Å². The van der Waals surface area contributed by atoms with Crippen molar-refractivity contribution in [1.82, 2.24) is 0 Å². The van der Waals surface area contributed by atoms with Gasteiger partial charge in [0.25, 0.3) is 0 Å². The molecule has 29 heavy (non-hydrogen) atoms. The van der Waals surface area contributed by atoms with Crippen LogP contribution in [0.1, 0.15) is 29.2 Å². The van der Waals surface area contributed by atoms with E-state index in [-0.39, 0.29) is 0 Å². The molecule has 3 heteroatoms. The molecule has 1 spiro atoms. The van der Waals surface area contributed by atoms with E-state index in [4.69, 9.17) is 0 Å². The van der Waals surface area contributed by atoms with E-state index in [2.05, 4.69) is 68.1 Å². The van der Waals surface area contributed by atoms with Crippen LogP contribution in [0.2, 0.25) is 0 Å². The topological polar surface area (TPSA) is 40.5 Å². The highest BCUT2D eigenvalue weighted by atomic mass is 16.4. The Balaban J connectivity index is 1.97. The molecule has 2 aliphatic carbocycles. The molecule has 0 saturated carbocycles.